The molecule has 0 N–H and O–H groups in total. The summed E-state index contributed by atoms with van der Waals surface area (Å²) in [5.41, 5.74) is 1.08. The highest BCUT2D eigenvalue weighted by atomic mass is 16.5. The average molecular weight is 344 g/mol. The van der Waals surface area contributed by atoms with Gasteiger partial charge in [0.2, 0.25) is 11.8 Å². The van der Waals surface area contributed by atoms with Crippen LogP contribution in [-0.2, 0) is 24.3 Å². The smallest absolute Gasteiger partial charge is 0.236 e. The van der Waals surface area contributed by atoms with Gasteiger partial charge in [0, 0.05) is 25.3 Å². The second-order valence-corrected chi connectivity index (χ2v) is 6.93. The first-order valence-corrected chi connectivity index (χ1v) is 9.01. The predicted octanol–water partition coefficient (Wildman–Crippen LogP) is 1.01. The molecule has 2 aliphatic heterocycles. The summed E-state index contributed by atoms with van der Waals surface area (Å²) < 4.78 is 7.16. The van der Waals surface area contributed by atoms with E-state index in [4.69, 9.17) is 4.52 Å². The maximum Gasteiger partial charge on any atom is 0.236 e. The third-order valence-electron chi connectivity index (χ3n) is 5.11. The number of nitrogens with zero attached hydrogens (tertiary/aromatic N) is 6. The summed E-state index contributed by atoms with van der Waals surface area (Å²) in [7, 11) is 0. The minimum absolute atomic E-state index is 0.0440. The fourth-order valence-corrected chi connectivity index (χ4v) is 3.81. The van der Waals surface area contributed by atoms with E-state index in [1.165, 1.54) is 12.8 Å². The van der Waals surface area contributed by atoms with Gasteiger partial charge in [-0.3, -0.25) is 9.48 Å². The molecule has 2 aliphatic rings. The number of aryl methyl sites for hydroxylation is 2. The van der Waals surface area contributed by atoms with E-state index in [0.29, 0.717) is 18.3 Å². The zero-order valence-electron chi connectivity index (χ0n) is 14.6. The maximum absolute atomic E-state index is 13.0. The van der Waals surface area contributed by atoms with E-state index in [1.807, 2.05) is 15.6 Å². The topological polar surface area (TPSA) is 80.3 Å². The molecule has 0 bridgehead atoms. The summed E-state index contributed by atoms with van der Waals surface area (Å²) in [6, 6.07) is 2.19. The van der Waals surface area contributed by atoms with Crippen molar-refractivity contribution in [2.45, 2.75) is 51.7 Å². The molecule has 25 heavy (non-hydrogen) atoms. The quantitative estimate of drug-likeness (QED) is 0.824. The highest BCUT2D eigenvalue weighted by Crippen LogP contribution is 2.21. The number of aromatic nitrogens is 4. The summed E-state index contributed by atoms with van der Waals surface area (Å²) in [5, 5.41) is 8.17. The van der Waals surface area contributed by atoms with Gasteiger partial charge in [-0.05, 0) is 45.3 Å². The van der Waals surface area contributed by atoms with Crippen LogP contribution in [-0.4, -0.2) is 61.3 Å². The van der Waals surface area contributed by atoms with Crippen LogP contribution in [0.1, 0.15) is 36.7 Å². The Hall–Kier alpha value is -2.22. The number of rotatable bonds is 4. The molecule has 1 unspecified atom stereocenters. The fraction of sp³-hybridized carbons (Fsp3) is 0.647. The number of amides is 1. The Kier molecular flexibility index (Phi) is 4.52. The normalized spacial score (nSPS) is 21.3. The van der Waals surface area contributed by atoms with Crippen molar-refractivity contribution >= 4 is 5.91 Å². The number of likely N-dealkylation sites (tertiary alicyclic amines) is 1. The average Bonchev–Trinajstić information content (AvgIpc) is 3.31. The van der Waals surface area contributed by atoms with Crippen LogP contribution in [0.25, 0.3) is 0 Å². The number of fused-ring (bicyclic) bond motifs is 1. The highest BCUT2D eigenvalue weighted by molar-refractivity contribution is 5.78. The molecule has 8 nitrogen and oxygen atoms in total. The SMILES string of the molecule is Cc1noc(CC(=O)N2Cc3ccnn3CCC2CN2CCCC2)n1. The van der Waals surface area contributed by atoms with Crippen LogP contribution in [0.4, 0.5) is 0 Å². The number of hydrogen-bond donors (Lipinski definition) is 0. The predicted molar refractivity (Wildman–Crippen MR) is 89.6 cm³/mol. The van der Waals surface area contributed by atoms with Gasteiger partial charge < -0.3 is 14.3 Å². The lowest BCUT2D eigenvalue weighted by atomic mass is 10.1. The third-order valence-corrected chi connectivity index (χ3v) is 5.11. The highest BCUT2D eigenvalue weighted by Gasteiger charge is 2.31. The monoisotopic (exact) mass is 344 g/mol. The molecule has 1 saturated heterocycles. The molecule has 4 heterocycles. The molecule has 4 rings (SSSR count). The first-order valence-electron chi connectivity index (χ1n) is 9.01. The van der Waals surface area contributed by atoms with E-state index in [-0.39, 0.29) is 18.4 Å². The van der Waals surface area contributed by atoms with Gasteiger partial charge in [0.25, 0.3) is 0 Å². The maximum atomic E-state index is 13.0. The number of hydrogen-bond acceptors (Lipinski definition) is 6. The van der Waals surface area contributed by atoms with Gasteiger partial charge in [0.15, 0.2) is 5.82 Å². The van der Waals surface area contributed by atoms with Crippen molar-refractivity contribution in [1.29, 1.82) is 0 Å². The standard InChI is InChI=1S/C17H24N6O2/c1-13-19-16(25-20-13)10-17(24)22-12-15-4-6-18-23(15)9-5-14(22)11-21-7-2-3-8-21/h4,6,14H,2-3,5,7-12H2,1H3. The lowest BCUT2D eigenvalue weighted by Crippen LogP contribution is -2.46. The van der Waals surface area contributed by atoms with Crippen LogP contribution in [0.2, 0.25) is 0 Å². The molecule has 2 aromatic heterocycles. The lowest BCUT2D eigenvalue weighted by Gasteiger charge is -2.32. The van der Waals surface area contributed by atoms with Gasteiger partial charge in [-0.25, -0.2) is 0 Å². The molecule has 0 spiro atoms. The van der Waals surface area contributed by atoms with Crippen LogP contribution in [0.15, 0.2) is 16.8 Å². The number of carbonyl (C=O) groups is 1. The van der Waals surface area contributed by atoms with Crippen LogP contribution >= 0.6 is 0 Å². The van der Waals surface area contributed by atoms with Gasteiger partial charge in [-0.1, -0.05) is 5.16 Å². The largest absolute Gasteiger partial charge is 0.339 e. The molecule has 1 amide bonds. The van der Waals surface area contributed by atoms with Crippen molar-refractivity contribution in [2.75, 3.05) is 19.6 Å². The van der Waals surface area contributed by atoms with Gasteiger partial charge in [-0.2, -0.15) is 10.1 Å². The molecule has 2 aromatic rings. The van der Waals surface area contributed by atoms with Crippen molar-refractivity contribution in [2.24, 2.45) is 0 Å². The Labute approximate surface area is 146 Å². The van der Waals surface area contributed by atoms with E-state index in [1.54, 1.807) is 13.1 Å². The van der Waals surface area contributed by atoms with Crippen molar-refractivity contribution in [3.05, 3.63) is 29.7 Å². The fourth-order valence-electron chi connectivity index (χ4n) is 3.81. The van der Waals surface area contributed by atoms with E-state index < -0.39 is 0 Å². The number of carbonyl (C=O) groups excluding carboxylic acids is 1. The van der Waals surface area contributed by atoms with Crippen molar-refractivity contribution in [1.82, 2.24) is 29.7 Å². The lowest BCUT2D eigenvalue weighted by molar-refractivity contribution is -0.134. The third kappa shape index (κ3) is 3.58. The second-order valence-electron chi connectivity index (χ2n) is 6.93. The van der Waals surface area contributed by atoms with Crippen LogP contribution in [0.5, 0.6) is 0 Å². The van der Waals surface area contributed by atoms with Crippen LogP contribution in [0.3, 0.4) is 0 Å². The summed E-state index contributed by atoms with van der Waals surface area (Å²) in [6.45, 7) is 6.39. The van der Waals surface area contributed by atoms with Crippen LogP contribution < -0.4 is 0 Å². The molecular formula is C17H24N6O2. The molecule has 0 aromatic carbocycles. The van der Waals surface area contributed by atoms with Crippen LogP contribution in [0, 0.1) is 6.92 Å². The van der Waals surface area contributed by atoms with Crippen molar-refractivity contribution < 1.29 is 9.32 Å². The molecule has 1 fully saturated rings. The second kappa shape index (κ2) is 6.95. The first-order chi connectivity index (χ1) is 12.2. The molecule has 134 valence electrons. The molecule has 0 saturated carbocycles. The van der Waals surface area contributed by atoms with E-state index >= 15 is 0 Å². The summed E-state index contributed by atoms with van der Waals surface area (Å²) in [5.74, 6) is 0.994. The zero-order chi connectivity index (χ0) is 17.2. The van der Waals surface area contributed by atoms with Crippen molar-refractivity contribution in [3.63, 3.8) is 0 Å². The first kappa shape index (κ1) is 16.3. The summed E-state index contributed by atoms with van der Waals surface area (Å²) >= 11 is 0. The Morgan fingerprint density at radius 3 is 2.92 bits per heavy atom. The zero-order valence-corrected chi connectivity index (χ0v) is 14.6. The van der Waals surface area contributed by atoms with E-state index in [9.17, 15) is 4.79 Å². The summed E-state index contributed by atoms with van der Waals surface area (Å²) in [4.78, 5) is 21.6. The Morgan fingerprint density at radius 2 is 2.16 bits per heavy atom. The van der Waals surface area contributed by atoms with E-state index in [0.717, 1.165) is 38.3 Å². The van der Waals surface area contributed by atoms with Gasteiger partial charge in [0.05, 0.1) is 12.2 Å². The summed E-state index contributed by atoms with van der Waals surface area (Å²) in [6.07, 6.45) is 5.39. The molecule has 0 aliphatic carbocycles. The van der Waals surface area contributed by atoms with E-state index in [2.05, 4.69) is 20.1 Å². The molecule has 1 atom stereocenters. The molecule has 0 radical (unpaired) electrons. The Bertz CT molecular complexity index is 733. The van der Waals surface area contributed by atoms with Gasteiger partial charge >= 0.3 is 0 Å². The van der Waals surface area contributed by atoms with Gasteiger partial charge in [0.1, 0.15) is 6.42 Å². The van der Waals surface area contributed by atoms with Gasteiger partial charge in [-0.15, -0.1) is 0 Å². The minimum atomic E-state index is 0.0440. The molecular weight excluding hydrogens is 320 g/mol. The van der Waals surface area contributed by atoms with Crippen molar-refractivity contribution in [3.8, 4) is 0 Å². The Morgan fingerprint density at radius 1 is 1.32 bits per heavy atom. The molecule has 8 heteroatoms. The minimum Gasteiger partial charge on any atom is -0.339 e. The Balaban J connectivity index is 1.53.